The van der Waals surface area contributed by atoms with Crippen molar-refractivity contribution in [3.63, 3.8) is 0 Å². The van der Waals surface area contributed by atoms with Crippen LogP contribution in [0.25, 0.3) is 0 Å². The molecule has 0 aliphatic carbocycles. The second kappa shape index (κ2) is 6.24. The molecule has 12 heavy (non-hydrogen) atoms. The van der Waals surface area contributed by atoms with Crippen LogP contribution in [0.3, 0.4) is 0 Å². The fourth-order valence-corrected chi connectivity index (χ4v) is 0.870. The van der Waals surface area contributed by atoms with E-state index in [1.54, 1.807) is 6.07 Å². The van der Waals surface area contributed by atoms with Crippen LogP contribution in [-0.4, -0.2) is 0 Å². The predicted molar refractivity (Wildman–Crippen MR) is 46.6 cm³/mol. The molecule has 0 fully saturated rings. The van der Waals surface area contributed by atoms with Crippen LogP contribution in [0.4, 0.5) is 0 Å². The molecule has 0 saturated heterocycles. The standard InChI is InChI=1S/C9H13N3/c1-2-3-4-5-8(6-10)9(12)7-11/h2-5,12H2,1H3/b9-8-. The minimum absolute atomic E-state index is 0.0635. The monoisotopic (exact) mass is 163 g/mol. The molecule has 0 aliphatic heterocycles. The van der Waals surface area contributed by atoms with Crippen LogP contribution in [0.5, 0.6) is 0 Å². The zero-order valence-electron chi connectivity index (χ0n) is 7.30. The Labute approximate surface area is 73.1 Å². The average Bonchev–Trinajstić information content (AvgIpc) is 2.11. The maximum atomic E-state index is 8.59. The van der Waals surface area contributed by atoms with E-state index in [0.29, 0.717) is 12.0 Å². The van der Waals surface area contributed by atoms with Gasteiger partial charge in [0.15, 0.2) is 0 Å². The topological polar surface area (TPSA) is 73.6 Å². The van der Waals surface area contributed by atoms with Gasteiger partial charge < -0.3 is 5.73 Å². The predicted octanol–water partition coefficient (Wildman–Crippen LogP) is 1.83. The third-order valence-electron chi connectivity index (χ3n) is 1.61. The van der Waals surface area contributed by atoms with E-state index in [1.807, 2.05) is 6.07 Å². The lowest BCUT2D eigenvalue weighted by molar-refractivity contribution is 0.718. The minimum Gasteiger partial charge on any atom is -0.389 e. The van der Waals surface area contributed by atoms with Crippen molar-refractivity contribution in [2.24, 2.45) is 5.73 Å². The molecule has 0 aromatic rings. The highest BCUT2D eigenvalue weighted by Crippen LogP contribution is 2.09. The molecule has 0 radical (unpaired) electrons. The van der Waals surface area contributed by atoms with Crippen LogP contribution in [-0.2, 0) is 0 Å². The quantitative estimate of drug-likeness (QED) is 0.507. The summed E-state index contributed by atoms with van der Waals surface area (Å²) >= 11 is 0. The van der Waals surface area contributed by atoms with Crippen LogP contribution >= 0.6 is 0 Å². The Bertz CT molecular complexity index is 239. The molecule has 3 heteroatoms. The number of hydrogen-bond donors (Lipinski definition) is 1. The lowest BCUT2D eigenvalue weighted by Gasteiger charge is -1.97. The van der Waals surface area contributed by atoms with Gasteiger partial charge in [0.05, 0.1) is 11.6 Å². The van der Waals surface area contributed by atoms with E-state index in [4.69, 9.17) is 16.3 Å². The van der Waals surface area contributed by atoms with E-state index >= 15 is 0 Å². The summed E-state index contributed by atoms with van der Waals surface area (Å²) in [6, 6.07) is 3.72. The lowest BCUT2D eigenvalue weighted by atomic mass is 10.1. The van der Waals surface area contributed by atoms with Gasteiger partial charge in [0.25, 0.3) is 0 Å². The summed E-state index contributed by atoms with van der Waals surface area (Å²) in [6.45, 7) is 2.09. The fourth-order valence-electron chi connectivity index (χ4n) is 0.870. The van der Waals surface area contributed by atoms with Gasteiger partial charge in [-0.15, -0.1) is 0 Å². The summed E-state index contributed by atoms with van der Waals surface area (Å²) in [6.07, 6.45) is 3.74. The average molecular weight is 163 g/mol. The molecule has 0 saturated carbocycles. The molecule has 0 unspecified atom stereocenters. The van der Waals surface area contributed by atoms with Crippen molar-refractivity contribution in [1.29, 1.82) is 10.5 Å². The summed E-state index contributed by atoms with van der Waals surface area (Å²) in [5, 5.41) is 17.0. The molecule has 0 aliphatic rings. The van der Waals surface area contributed by atoms with E-state index in [2.05, 4.69) is 6.92 Å². The van der Waals surface area contributed by atoms with Gasteiger partial charge in [-0.1, -0.05) is 19.8 Å². The molecule has 0 aromatic carbocycles. The number of hydrogen-bond acceptors (Lipinski definition) is 3. The first-order chi connectivity index (χ1) is 5.76. The number of nitrogens with two attached hydrogens (primary N) is 1. The Morgan fingerprint density at radius 3 is 2.33 bits per heavy atom. The highest BCUT2D eigenvalue weighted by atomic mass is 14.6. The highest BCUT2D eigenvalue weighted by Gasteiger charge is 2.00. The smallest absolute Gasteiger partial charge is 0.124 e. The molecular formula is C9H13N3. The summed E-state index contributed by atoms with van der Waals surface area (Å²) in [7, 11) is 0. The van der Waals surface area contributed by atoms with Gasteiger partial charge in [0.2, 0.25) is 0 Å². The number of allylic oxidation sites excluding steroid dienone is 2. The van der Waals surface area contributed by atoms with Gasteiger partial charge in [-0.25, -0.2) is 0 Å². The van der Waals surface area contributed by atoms with Gasteiger partial charge in [0.1, 0.15) is 11.8 Å². The molecule has 0 atom stereocenters. The zero-order valence-corrected chi connectivity index (χ0v) is 7.30. The van der Waals surface area contributed by atoms with Crippen molar-refractivity contribution >= 4 is 0 Å². The van der Waals surface area contributed by atoms with Crippen LogP contribution in [0.15, 0.2) is 11.3 Å². The summed E-state index contributed by atoms with van der Waals surface area (Å²) in [4.78, 5) is 0. The van der Waals surface area contributed by atoms with E-state index < -0.39 is 0 Å². The maximum absolute atomic E-state index is 8.59. The van der Waals surface area contributed by atoms with E-state index in [-0.39, 0.29) is 5.70 Å². The van der Waals surface area contributed by atoms with Crippen molar-refractivity contribution in [3.05, 3.63) is 11.3 Å². The maximum Gasteiger partial charge on any atom is 0.124 e. The molecule has 0 aromatic heterocycles. The Hall–Kier alpha value is -1.48. The molecule has 0 rings (SSSR count). The minimum atomic E-state index is 0.0635. The van der Waals surface area contributed by atoms with Crippen LogP contribution in [0.1, 0.15) is 32.6 Å². The van der Waals surface area contributed by atoms with Crippen LogP contribution < -0.4 is 5.73 Å². The van der Waals surface area contributed by atoms with E-state index in [9.17, 15) is 0 Å². The Morgan fingerprint density at radius 2 is 1.92 bits per heavy atom. The molecule has 0 spiro atoms. The molecule has 0 heterocycles. The lowest BCUT2D eigenvalue weighted by Crippen LogP contribution is -1.98. The van der Waals surface area contributed by atoms with Crippen molar-refractivity contribution in [2.45, 2.75) is 32.6 Å². The first-order valence-corrected chi connectivity index (χ1v) is 4.05. The Morgan fingerprint density at radius 1 is 1.25 bits per heavy atom. The first-order valence-electron chi connectivity index (χ1n) is 4.05. The van der Waals surface area contributed by atoms with Crippen molar-refractivity contribution in [2.75, 3.05) is 0 Å². The summed E-state index contributed by atoms with van der Waals surface area (Å²) in [5.41, 5.74) is 5.79. The third-order valence-corrected chi connectivity index (χ3v) is 1.61. The number of nitrogens with zero attached hydrogens (tertiary/aromatic N) is 2. The van der Waals surface area contributed by atoms with Crippen LogP contribution in [0, 0.1) is 22.7 Å². The number of nitriles is 2. The molecular weight excluding hydrogens is 150 g/mol. The third kappa shape index (κ3) is 3.63. The highest BCUT2D eigenvalue weighted by molar-refractivity contribution is 5.34. The second-order valence-corrected chi connectivity index (χ2v) is 2.57. The van der Waals surface area contributed by atoms with Crippen molar-refractivity contribution in [1.82, 2.24) is 0 Å². The van der Waals surface area contributed by atoms with Gasteiger partial charge >= 0.3 is 0 Å². The molecule has 3 nitrogen and oxygen atoms in total. The van der Waals surface area contributed by atoms with Crippen LogP contribution in [0.2, 0.25) is 0 Å². The fraction of sp³-hybridized carbons (Fsp3) is 0.556. The largest absolute Gasteiger partial charge is 0.389 e. The van der Waals surface area contributed by atoms with E-state index in [1.165, 1.54) is 0 Å². The first kappa shape index (κ1) is 10.5. The molecule has 64 valence electrons. The summed E-state index contributed by atoms with van der Waals surface area (Å²) in [5.74, 6) is 0. The van der Waals surface area contributed by atoms with Crippen molar-refractivity contribution in [3.8, 4) is 12.1 Å². The Kier molecular flexibility index (Phi) is 5.47. The molecule has 0 amide bonds. The SMILES string of the molecule is CCCCC/C(C#N)=C(/N)C#N. The van der Waals surface area contributed by atoms with E-state index in [0.717, 1.165) is 19.3 Å². The number of rotatable bonds is 4. The van der Waals surface area contributed by atoms with Gasteiger partial charge in [-0.2, -0.15) is 10.5 Å². The normalized spacial score (nSPS) is 11.2. The zero-order chi connectivity index (χ0) is 9.40. The van der Waals surface area contributed by atoms with Gasteiger partial charge in [-0.3, -0.25) is 0 Å². The molecule has 2 N–H and O–H groups in total. The number of unbranched alkanes of at least 4 members (excludes halogenated alkanes) is 2. The van der Waals surface area contributed by atoms with Gasteiger partial charge in [0, 0.05) is 0 Å². The summed E-state index contributed by atoms with van der Waals surface area (Å²) < 4.78 is 0. The molecule has 0 bridgehead atoms. The van der Waals surface area contributed by atoms with Crippen molar-refractivity contribution < 1.29 is 0 Å². The second-order valence-electron chi connectivity index (χ2n) is 2.57. The Balaban J connectivity index is 4.05. The van der Waals surface area contributed by atoms with Gasteiger partial charge in [-0.05, 0) is 12.8 Å².